The molecule has 0 radical (unpaired) electrons. The summed E-state index contributed by atoms with van der Waals surface area (Å²) < 4.78 is 0. The third-order valence-electron chi connectivity index (χ3n) is 3.47. The number of guanidine groups is 1. The van der Waals surface area contributed by atoms with Crippen LogP contribution in [0.5, 0.6) is 0 Å². The minimum Gasteiger partial charge on any atom is -0.370 e. The molecule has 0 heterocycles. The average molecular weight is 408 g/mol. The Morgan fingerprint density at radius 2 is 1.86 bits per heavy atom. The van der Waals surface area contributed by atoms with Gasteiger partial charge in [0.2, 0.25) is 5.91 Å². The summed E-state index contributed by atoms with van der Waals surface area (Å²) in [6.07, 6.45) is 6.94. The van der Waals surface area contributed by atoms with E-state index in [0.717, 1.165) is 5.57 Å². The summed E-state index contributed by atoms with van der Waals surface area (Å²) in [5.74, 6) is 1.13. The first-order chi connectivity index (χ1) is 9.58. The highest BCUT2D eigenvalue weighted by atomic mass is 127. The molecule has 0 saturated heterocycles. The molecule has 21 heavy (non-hydrogen) atoms. The third kappa shape index (κ3) is 10.6. The van der Waals surface area contributed by atoms with E-state index < -0.39 is 0 Å². The van der Waals surface area contributed by atoms with Crippen LogP contribution >= 0.6 is 24.0 Å². The first kappa shape index (κ1) is 20.2. The van der Waals surface area contributed by atoms with E-state index >= 15 is 0 Å². The fraction of sp³-hybridized carbons (Fsp3) is 0.733. The van der Waals surface area contributed by atoms with Crippen LogP contribution in [0.2, 0.25) is 0 Å². The lowest BCUT2D eigenvalue weighted by Crippen LogP contribution is -2.39. The Morgan fingerprint density at radius 3 is 2.48 bits per heavy atom. The molecule has 5 nitrogen and oxygen atoms in total. The van der Waals surface area contributed by atoms with Crippen molar-refractivity contribution in [2.75, 3.05) is 19.6 Å². The van der Waals surface area contributed by atoms with Gasteiger partial charge in [0.15, 0.2) is 5.96 Å². The summed E-state index contributed by atoms with van der Waals surface area (Å²) >= 11 is 0. The van der Waals surface area contributed by atoms with Gasteiger partial charge in [0.25, 0.3) is 0 Å². The van der Waals surface area contributed by atoms with Gasteiger partial charge in [-0.2, -0.15) is 0 Å². The highest BCUT2D eigenvalue weighted by Gasteiger charge is 2.16. The Labute approximate surface area is 145 Å². The quantitative estimate of drug-likeness (QED) is 0.199. The number of rotatable bonds is 7. The largest absolute Gasteiger partial charge is 0.370 e. The van der Waals surface area contributed by atoms with Gasteiger partial charge in [0.05, 0.1) is 6.54 Å². The van der Waals surface area contributed by atoms with Gasteiger partial charge in [0.1, 0.15) is 0 Å². The van der Waals surface area contributed by atoms with E-state index in [-0.39, 0.29) is 29.9 Å². The fourth-order valence-corrected chi connectivity index (χ4v) is 2.39. The number of nitrogens with zero attached hydrogens (tertiary/aromatic N) is 1. The lowest BCUT2D eigenvalue weighted by atomic mass is 9.87. The van der Waals surface area contributed by atoms with Crippen LogP contribution in [-0.4, -0.2) is 31.5 Å². The zero-order chi connectivity index (χ0) is 14.8. The summed E-state index contributed by atoms with van der Waals surface area (Å²) in [5.41, 5.74) is 6.64. The second kappa shape index (κ2) is 11.8. The van der Waals surface area contributed by atoms with Gasteiger partial charge >= 0.3 is 0 Å². The standard InChI is InChI=1S/C15H28N4O.HI/c1-12(2)11-19-15(16)18-9-8-17-14(20)10-13-6-4-3-5-7-13;/h13H,1,3-11H2,2H3,(H,17,20)(H3,16,18,19);1H. The normalized spacial score (nSPS) is 16.0. The molecule has 1 aliphatic rings. The second-order valence-corrected chi connectivity index (χ2v) is 5.64. The van der Waals surface area contributed by atoms with Crippen LogP contribution in [0.25, 0.3) is 0 Å². The number of carbonyl (C=O) groups is 1. The fourth-order valence-electron chi connectivity index (χ4n) is 2.39. The van der Waals surface area contributed by atoms with Crippen molar-refractivity contribution >= 4 is 35.8 Å². The molecule has 0 aromatic heterocycles. The smallest absolute Gasteiger partial charge is 0.220 e. The van der Waals surface area contributed by atoms with Crippen molar-refractivity contribution in [1.29, 1.82) is 0 Å². The lowest BCUT2D eigenvalue weighted by Gasteiger charge is -2.20. The first-order valence-electron chi connectivity index (χ1n) is 7.53. The van der Waals surface area contributed by atoms with E-state index in [1.54, 1.807) is 0 Å². The molecule has 1 saturated carbocycles. The molecule has 0 aromatic rings. The summed E-state index contributed by atoms with van der Waals surface area (Å²) in [6, 6.07) is 0. The van der Waals surface area contributed by atoms with Crippen molar-refractivity contribution < 1.29 is 4.79 Å². The number of carbonyl (C=O) groups excluding carboxylic acids is 1. The Hall–Kier alpha value is -0.790. The van der Waals surface area contributed by atoms with Crippen molar-refractivity contribution in [1.82, 2.24) is 10.6 Å². The Kier molecular flexibility index (Phi) is 11.4. The third-order valence-corrected chi connectivity index (χ3v) is 3.47. The molecule has 1 aliphatic carbocycles. The molecule has 0 atom stereocenters. The molecular weight excluding hydrogens is 379 g/mol. The van der Waals surface area contributed by atoms with Gasteiger partial charge in [-0.3, -0.25) is 4.79 Å². The van der Waals surface area contributed by atoms with Crippen LogP contribution in [0, 0.1) is 5.92 Å². The van der Waals surface area contributed by atoms with E-state index in [0.29, 0.717) is 37.9 Å². The minimum absolute atomic E-state index is 0. The summed E-state index contributed by atoms with van der Waals surface area (Å²) in [4.78, 5) is 15.9. The number of hydrogen-bond acceptors (Lipinski definition) is 2. The molecule has 6 heteroatoms. The monoisotopic (exact) mass is 408 g/mol. The highest BCUT2D eigenvalue weighted by Crippen LogP contribution is 2.25. The molecule has 1 fully saturated rings. The lowest BCUT2D eigenvalue weighted by molar-refractivity contribution is -0.122. The topological polar surface area (TPSA) is 79.5 Å². The van der Waals surface area contributed by atoms with E-state index in [2.05, 4.69) is 22.2 Å². The number of hydrogen-bond donors (Lipinski definition) is 3. The highest BCUT2D eigenvalue weighted by molar-refractivity contribution is 14.0. The Morgan fingerprint density at radius 1 is 1.24 bits per heavy atom. The molecule has 0 aromatic carbocycles. The van der Waals surface area contributed by atoms with Crippen molar-refractivity contribution in [2.24, 2.45) is 16.6 Å². The molecule has 0 bridgehead atoms. The zero-order valence-electron chi connectivity index (χ0n) is 13.0. The molecule has 1 amide bonds. The molecule has 1 rings (SSSR count). The Bertz CT molecular complexity index is 352. The van der Waals surface area contributed by atoms with Gasteiger partial charge in [-0.25, -0.2) is 4.99 Å². The average Bonchev–Trinajstić information content (AvgIpc) is 2.42. The maximum atomic E-state index is 11.8. The van der Waals surface area contributed by atoms with Crippen LogP contribution in [0.15, 0.2) is 17.1 Å². The molecule has 122 valence electrons. The summed E-state index contributed by atoms with van der Waals surface area (Å²) in [5, 5.41) is 5.89. The van der Waals surface area contributed by atoms with Crippen LogP contribution < -0.4 is 16.4 Å². The predicted octanol–water partition coefficient (Wildman–Crippen LogP) is 2.17. The van der Waals surface area contributed by atoms with Crippen molar-refractivity contribution in [3.63, 3.8) is 0 Å². The van der Waals surface area contributed by atoms with Crippen molar-refractivity contribution in [2.45, 2.75) is 45.4 Å². The molecular formula is C15H29IN4O. The van der Waals surface area contributed by atoms with Crippen molar-refractivity contribution in [3.05, 3.63) is 12.2 Å². The number of amides is 1. The van der Waals surface area contributed by atoms with Crippen LogP contribution in [-0.2, 0) is 4.79 Å². The Balaban J connectivity index is 0.00000400. The van der Waals surface area contributed by atoms with Gasteiger partial charge in [-0.05, 0) is 25.7 Å². The second-order valence-electron chi connectivity index (χ2n) is 5.64. The van der Waals surface area contributed by atoms with Gasteiger partial charge in [0, 0.05) is 19.5 Å². The maximum Gasteiger partial charge on any atom is 0.220 e. The van der Waals surface area contributed by atoms with Gasteiger partial charge < -0.3 is 16.4 Å². The summed E-state index contributed by atoms with van der Waals surface area (Å²) in [6.45, 7) is 7.37. The SMILES string of the molecule is C=C(C)CN=C(N)NCCNC(=O)CC1CCCCC1.I. The number of nitrogens with two attached hydrogens (primary N) is 1. The number of nitrogens with one attached hydrogen (secondary N) is 2. The zero-order valence-corrected chi connectivity index (χ0v) is 15.3. The van der Waals surface area contributed by atoms with E-state index in [4.69, 9.17) is 5.73 Å². The van der Waals surface area contributed by atoms with Crippen LogP contribution in [0.3, 0.4) is 0 Å². The van der Waals surface area contributed by atoms with Crippen LogP contribution in [0.1, 0.15) is 45.4 Å². The van der Waals surface area contributed by atoms with Gasteiger partial charge in [-0.1, -0.05) is 31.4 Å². The van der Waals surface area contributed by atoms with E-state index in [9.17, 15) is 4.79 Å². The van der Waals surface area contributed by atoms with Crippen molar-refractivity contribution in [3.8, 4) is 0 Å². The predicted molar refractivity (Wildman–Crippen MR) is 98.9 cm³/mol. The van der Waals surface area contributed by atoms with Gasteiger partial charge in [-0.15, -0.1) is 24.0 Å². The number of aliphatic imine (C=N–C) groups is 1. The van der Waals surface area contributed by atoms with E-state index in [1.165, 1.54) is 32.1 Å². The summed E-state index contributed by atoms with van der Waals surface area (Å²) in [7, 11) is 0. The number of halogens is 1. The molecule has 0 unspecified atom stereocenters. The molecule has 0 aliphatic heterocycles. The van der Waals surface area contributed by atoms with Crippen LogP contribution in [0.4, 0.5) is 0 Å². The van der Waals surface area contributed by atoms with E-state index in [1.807, 2.05) is 6.92 Å². The molecule has 0 spiro atoms. The minimum atomic E-state index is 0. The maximum absolute atomic E-state index is 11.8. The molecule has 4 N–H and O–H groups in total. The first-order valence-corrected chi connectivity index (χ1v) is 7.53.